The minimum atomic E-state index is -3.92. The van der Waals surface area contributed by atoms with Gasteiger partial charge in [0.15, 0.2) is 0 Å². The van der Waals surface area contributed by atoms with E-state index in [4.69, 9.17) is 33.2 Å². The first-order valence-corrected chi connectivity index (χ1v) is 5.07. The summed E-state index contributed by atoms with van der Waals surface area (Å²) in [4.78, 5) is 3.98. The van der Waals surface area contributed by atoms with Crippen molar-refractivity contribution >= 4 is 33.7 Å². The third kappa shape index (κ3) is 22.4. The molecule has 6 nitrogen and oxygen atoms in total. The maximum absolute atomic E-state index is 9.64. The van der Waals surface area contributed by atoms with Crippen molar-refractivity contribution < 1.29 is 18.1 Å². The Morgan fingerprint density at radius 3 is 1.75 bits per heavy atom. The maximum Gasteiger partial charge on any atom is 0.279 e. The number of halogens is 2. The molecule has 76 valence electrons. The van der Waals surface area contributed by atoms with Gasteiger partial charge in [-0.3, -0.25) is 4.55 Å². The standard InChI is InChI=1S/C2H6ClNO.CH4ClNO3S/c3-4-1-2-5;2-3-1-7(4,5)6/h4-5H,1-2H2;3H,1H2,(H,4,5,6). The van der Waals surface area contributed by atoms with Gasteiger partial charge in [0.05, 0.1) is 6.61 Å². The number of hydrogen-bond donors (Lipinski definition) is 4. The fourth-order valence-electron chi connectivity index (χ4n) is 0.111. The van der Waals surface area contributed by atoms with E-state index in [1.54, 1.807) is 4.84 Å². The molecule has 0 bridgehead atoms. The lowest BCUT2D eigenvalue weighted by atomic mass is 10.8. The Morgan fingerprint density at radius 1 is 1.25 bits per heavy atom. The van der Waals surface area contributed by atoms with E-state index < -0.39 is 16.0 Å². The van der Waals surface area contributed by atoms with Gasteiger partial charge in [-0.15, -0.1) is 0 Å². The van der Waals surface area contributed by atoms with E-state index in [-0.39, 0.29) is 6.61 Å². The van der Waals surface area contributed by atoms with E-state index in [0.717, 1.165) is 0 Å². The summed E-state index contributed by atoms with van der Waals surface area (Å²) >= 11 is 9.59. The minimum Gasteiger partial charge on any atom is -0.395 e. The molecule has 0 amide bonds. The highest BCUT2D eigenvalue weighted by Crippen LogP contribution is 1.75. The molecule has 0 rings (SSSR count). The Hall–Kier alpha value is 0.370. The molecule has 0 radical (unpaired) electrons. The number of hydrogen-bond acceptors (Lipinski definition) is 5. The van der Waals surface area contributed by atoms with Crippen LogP contribution >= 0.6 is 23.6 Å². The summed E-state index contributed by atoms with van der Waals surface area (Å²) < 4.78 is 27.1. The highest BCUT2D eigenvalue weighted by atomic mass is 35.5. The normalized spacial score (nSPS) is 10.3. The minimum absolute atomic E-state index is 0.101. The summed E-state index contributed by atoms with van der Waals surface area (Å²) in [6, 6.07) is 0. The molecule has 0 aliphatic heterocycles. The molecule has 4 N–H and O–H groups in total. The van der Waals surface area contributed by atoms with Crippen LogP contribution in [0.5, 0.6) is 0 Å². The lowest BCUT2D eigenvalue weighted by molar-refractivity contribution is 0.302. The number of rotatable bonds is 4. The molecule has 0 unspecified atom stereocenters. The average Bonchev–Trinajstić information content (AvgIpc) is 1.87. The highest BCUT2D eigenvalue weighted by molar-refractivity contribution is 7.85. The topological polar surface area (TPSA) is 98.7 Å². The van der Waals surface area contributed by atoms with Gasteiger partial charge in [0.25, 0.3) is 10.1 Å². The van der Waals surface area contributed by atoms with E-state index in [9.17, 15) is 8.42 Å². The molecule has 0 atom stereocenters. The first kappa shape index (κ1) is 14.9. The van der Waals surface area contributed by atoms with Crippen molar-refractivity contribution in [1.29, 1.82) is 0 Å². The van der Waals surface area contributed by atoms with Crippen LogP contribution in [0.25, 0.3) is 0 Å². The van der Waals surface area contributed by atoms with E-state index >= 15 is 0 Å². The van der Waals surface area contributed by atoms with E-state index in [0.29, 0.717) is 6.54 Å². The zero-order chi connectivity index (χ0) is 10.0. The molecule has 12 heavy (non-hydrogen) atoms. The molecule has 9 heteroatoms. The van der Waals surface area contributed by atoms with Crippen LogP contribution in [-0.2, 0) is 10.1 Å². The second-order valence-electron chi connectivity index (χ2n) is 1.47. The molecule has 0 aromatic rings. The highest BCUT2D eigenvalue weighted by Gasteiger charge is 1.98. The number of nitrogens with one attached hydrogen (secondary N) is 2. The van der Waals surface area contributed by atoms with Gasteiger partial charge < -0.3 is 5.11 Å². The first-order valence-electron chi connectivity index (χ1n) is 2.71. The van der Waals surface area contributed by atoms with Crippen LogP contribution in [0.2, 0.25) is 0 Å². The lowest BCUT2D eigenvalue weighted by Crippen LogP contribution is -2.12. The van der Waals surface area contributed by atoms with Crippen LogP contribution in [0.4, 0.5) is 0 Å². The van der Waals surface area contributed by atoms with Gasteiger partial charge in [0.1, 0.15) is 5.88 Å². The summed E-state index contributed by atoms with van der Waals surface area (Å²) in [5.74, 6) is -0.617. The lowest BCUT2D eigenvalue weighted by Gasteiger charge is -1.86. The van der Waals surface area contributed by atoms with Crippen molar-refractivity contribution in [2.75, 3.05) is 19.0 Å². The predicted molar refractivity (Wildman–Crippen MR) is 46.3 cm³/mol. The summed E-state index contributed by atoms with van der Waals surface area (Å²) in [5, 5.41) is 7.92. The Bertz CT molecular complexity index is 171. The monoisotopic (exact) mass is 240 g/mol. The van der Waals surface area contributed by atoms with E-state index in [2.05, 4.69) is 4.84 Å². The van der Waals surface area contributed by atoms with E-state index in [1.165, 1.54) is 0 Å². The summed E-state index contributed by atoms with van der Waals surface area (Å²) in [7, 11) is -3.92. The summed E-state index contributed by atoms with van der Waals surface area (Å²) in [6.07, 6.45) is 0. The van der Waals surface area contributed by atoms with Crippen molar-refractivity contribution in [3.05, 3.63) is 0 Å². The van der Waals surface area contributed by atoms with Crippen LogP contribution in [0, 0.1) is 0 Å². The predicted octanol–water partition coefficient (Wildman–Crippen LogP) is -0.703. The quantitative estimate of drug-likeness (QED) is 0.383. The second kappa shape index (κ2) is 9.46. The molecule has 0 aromatic heterocycles. The molecule has 0 aromatic carbocycles. The zero-order valence-corrected chi connectivity index (χ0v) is 8.32. The molecule has 0 saturated heterocycles. The van der Waals surface area contributed by atoms with Crippen LogP contribution in [0.1, 0.15) is 0 Å². The number of aliphatic hydroxyl groups is 1. The van der Waals surface area contributed by atoms with Crippen molar-refractivity contribution in [1.82, 2.24) is 9.67 Å². The van der Waals surface area contributed by atoms with Crippen LogP contribution in [-0.4, -0.2) is 37.1 Å². The van der Waals surface area contributed by atoms with Gasteiger partial charge in [-0.1, -0.05) is 0 Å². The Kier molecular flexibility index (Phi) is 11.7. The molecular formula is C3H10Cl2N2O4S. The molecule has 0 aliphatic carbocycles. The van der Waals surface area contributed by atoms with Crippen LogP contribution in [0.3, 0.4) is 0 Å². The van der Waals surface area contributed by atoms with Gasteiger partial charge in [-0.05, 0) is 23.6 Å². The van der Waals surface area contributed by atoms with Crippen molar-refractivity contribution in [3.63, 3.8) is 0 Å². The van der Waals surface area contributed by atoms with Crippen LogP contribution < -0.4 is 9.67 Å². The first-order chi connectivity index (χ1) is 5.47. The number of aliphatic hydroxyl groups excluding tert-OH is 1. The molecule has 0 saturated carbocycles. The fraction of sp³-hybridized carbons (Fsp3) is 1.00. The molecular weight excluding hydrogens is 231 g/mol. The van der Waals surface area contributed by atoms with Gasteiger partial charge in [0, 0.05) is 6.54 Å². The van der Waals surface area contributed by atoms with Crippen LogP contribution in [0.15, 0.2) is 0 Å². The summed E-state index contributed by atoms with van der Waals surface area (Å²) in [6.45, 7) is 0.561. The maximum atomic E-state index is 9.64. The molecule has 0 heterocycles. The third-order valence-corrected chi connectivity index (χ3v) is 1.43. The largest absolute Gasteiger partial charge is 0.395 e. The second-order valence-corrected chi connectivity index (χ2v) is 3.45. The van der Waals surface area contributed by atoms with Gasteiger partial charge >= 0.3 is 0 Å². The zero-order valence-electron chi connectivity index (χ0n) is 6.00. The van der Waals surface area contributed by atoms with Gasteiger partial charge in [-0.25, -0.2) is 9.67 Å². The Morgan fingerprint density at radius 2 is 1.75 bits per heavy atom. The van der Waals surface area contributed by atoms with Crippen molar-refractivity contribution in [3.8, 4) is 0 Å². The van der Waals surface area contributed by atoms with Crippen molar-refractivity contribution in [2.45, 2.75) is 0 Å². The SMILES string of the molecule is O=S(=O)(O)CNCl.OCCNCl. The molecule has 0 aliphatic rings. The van der Waals surface area contributed by atoms with E-state index in [1.807, 2.05) is 0 Å². The molecule has 0 spiro atoms. The molecule has 0 fully saturated rings. The third-order valence-electron chi connectivity index (χ3n) is 0.443. The Labute approximate surface area is 80.8 Å². The Balaban J connectivity index is 0. The summed E-state index contributed by atoms with van der Waals surface area (Å²) in [5.41, 5.74) is 0. The van der Waals surface area contributed by atoms with Gasteiger partial charge in [-0.2, -0.15) is 8.42 Å². The smallest absolute Gasteiger partial charge is 0.279 e. The van der Waals surface area contributed by atoms with Gasteiger partial charge in [0.2, 0.25) is 0 Å². The fourth-order valence-corrected chi connectivity index (χ4v) is 0.747. The average molecular weight is 241 g/mol. The van der Waals surface area contributed by atoms with Crippen molar-refractivity contribution in [2.24, 2.45) is 0 Å².